The van der Waals surface area contributed by atoms with Gasteiger partial charge in [-0.1, -0.05) is 12.1 Å². The summed E-state index contributed by atoms with van der Waals surface area (Å²) >= 11 is 0. The molecule has 1 amide bonds. The predicted octanol–water partition coefficient (Wildman–Crippen LogP) is 2.62. The first-order chi connectivity index (χ1) is 16.3. The van der Waals surface area contributed by atoms with E-state index in [0.29, 0.717) is 28.2 Å². The molecule has 4 rings (SSSR count). The third kappa shape index (κ3) is 4.80. The number of carbonyl (C=O) groups excluding carboxylic acids is 1. The highest BCUT2D eigenvalue weighted by molar-refractivity contribution is 5.82. The summed E-state index contributed by atoms with van der Waals surface area (Å²) in [4.78, 5) is 37.4. The molecule has 3 aromatic heterocycles. The average molecular weight is 462 g/mol. The normalized spacial score (nSPS) is 10.8. The van der Waals surface area contributed by atoms with Gasteiger partial charge in [0.15, 0.2) is 0 Å². The summed E-state index contributed by atoms with van der Waals surface area (Å²) in [6.07, 6.45) is 2.73. The molecule has 3 N–H and O–H groups in total. The number of nitrogen functional groups attached to an aromatic ring is 1. The van der Waals surface area contributed by atoms with Crippen LogP contribution in [0.3, 0.4) is 0 Å². The van der Waals surface area contributed by atoms with Gasteiger partial charge in [-0.15, -0.1) is 0 Å². The lowest BCUT2D eigenvalue weighted by Gasteiger charge is -2.16. The second-order valence-electron chi connectivity index (χ2n) is 7.49. The second-order valence-corrected chi connectivity index (χ2v) is 7.49. The molecule has 172 valence electrons. The number of hydrogen-bond acceptors (Lipinski definition) is 6. The zero-order valence-corrected chi connectivity index (χ0v) is 18.1. The van der Waals surface area contributed by atoms with Crippen LogP contribution in [0.1, 0.15) is 11.3 Å². The van der Waals surface area contributed by atoms with Crippen LogP contribution >= 0.6 is 0 Å². The highest BCUT2D eigenvalue weighted by Crippen LogP contribution is 2.32. The fourth-order valence-corrected chi connectivity index (χ4v) is 3.49. The molecule has 0 aliphatic rings. The van der Waals surface area contributed by atoms with Crippen LogP contribution in [0, 0.1) is 11.6 Å². The van der Waals surface area contributed by atoms with Crippen molar-refractivity contribution in [2.24, 2.45) is 7.05 Å². The van der Waals surface area contributed by atoms with Crippen molar-refractivity contribution in [2.45, 2.75) is 13.0 Å². The highest BCUT2D eigenvalue weighted by Gasteiger charge is 2.20. The SMILES string of the molecule is Cn1cc(-c2c(CNC(=O)Cc3c(F)cccc3F)nc(N)nc2-c2ccccn2)ccc1=O. The maximum atomic E-state index is 13.9. The minimum Gasteiger partial charge on any atom is -0.368 e. The minimum absolute atomic E-state index is 0.0429. The number of rotatable bonds is 6. The van der Waals surface area contributed by atoms with E-state index in [1.807, 2.05) is 0 Å². The number of nitrogens with one attached hydrogen (secondary N) is 1. The van der Waals surface area contributed by atoms with Crippen molar-refractivity contribution in [3.8, 4) is 22.5 Å². The quantitative estimate of drug-likeness (QED) is 0.455. The number of aromatic nitrogens is 4. The van der Waals surface area contributed by atoms with Crippen LogP contribution in [0.15, 0.2) is 65.7 Å². The molecule has 0 saturated heterocycles. The van der Waals surface area contributed by atoms with E-state index in [-0.39, 0.29) is 23.6 Å². The number of amides is 1. The summed E-state index contributed by atoms with van der Waals surface area (Å²) in [7, 11) is 1.61. The lowest BCUT2D eigenvalue weighted by Crippen LogP contribution is -2.26. The molecule has 0 bridgehead atoms. The molecular formula is C24H20F2N6O2. The summed E-state index contributed by atoms with van der Waals surface area (Å²) < 4.78 is 29.3. The van der Waals surface area contributed by atoms with Crippen LogP contribution in [-0.2, 0) is 24.8 Å². The van der Waals surface area contributed by atoms with Gasteiger partial charge in [-0.25, -0.2) is 18.7 Å². The monoisotopic (exact) mass is 462 g/mol. The van der Waals surface area contributed by atoms with Crippen molar-refractivity contribution in [3.63, 3.8) is 0 Å². The predicted molar refractivity (Wildman–Crippen MR) is 122 cm³/mol. The van der Waals surface area contributed by atoms with E-state index < -0.39 is 24.0 Å². The molecule has 0 saturated carbocycles. The first-order valence-corrected chi connectivity index (χ1v) is 10.3. The molecule has 34 heavy (non-hydrogen) atoms. The number of aryl methyl sites for hydroxylation is 1. The van der Waals surface area contributed by atoms with Crippen molar-refractivity contribution in [1.82, 2.24) is 24.8 Å². The van der Waals surface area contributed by atoms with E-state index in [9.17, 15) is 18.4 Å². The van der Waals surface area contributed by atoms with Crippen LogP contribution in [0.2, 0.25) is 0 Å². The Morgan fingerprint density at radius 1 is 1.06 bits per heavy atom. The van der Waals surface area contributed by atoms with Gasteiger partial charge in [0.25, 0.3) is 0 Å². The van der Waals surface area contributed by atoms with Crippen LogP contribution in [-0.4, -0.2) is 25.4 Å². The van der Waals surface area contributed by atoms with Crippen molar-refractivity contribution in [1.29, 1.82) is 0 Å². The number of nitrogens with zero attached hydrogens (tertiary/aromatic N) is 4. The van der Waals surface area contributed by atoms with Crippen molar-refractivity contribution in [3.05, 3.63) is 94.2 Å². The Balaban J connectivity index is 1.73. The number of anilines is 1. The zero-order valence-electron chi connectivity index (χ0n) is 18.1. The Morgan fingerprint density at radius 2 is 1.82 bits per heavy atom. The maximum absolute atomic E-state index is 13.9. The van der Waals surface area contributed by atoms with Gasteiger partial charge in [0.1, 0.15) is 17.3 Å². The molecule has 0 fully saturated rings. The van der Waals surface area contributed by atoms with Gasteiger partial charge in [0.2, 0.25) is 17.4 Å². The number of hydrogen-bond donors (Lipinski definition) is 2. The Morgan fingerprint density at radius 3 is 2.50 bits per heavy atom. The standard InChI is InChI=1S/C24H20F2N6O2/c1-32-13-14(8-9-21(32)34)22-19(30-24(27)31-23(22)18-7-2-3-10-28-18)12-29-20(33)11-15-16(25)5-4-6-17(15)26/h2-10,13H,11-12H2,1H3,(H,29,33)(H2,27,30,31). The van der Waals surface area contributed by atoms with Crippen LogP contribution in [0.5, 0.6) is 0 Å². The number of carbonyl (C=O) groups is 1. The summed E-state index contributed by atoms with van der Waals surface area (Å²) in [5.41, 5.74) is 7.82. The number of pyridine rings is 2. The summed E-state index contributed by atoms with van der Waals surface area (Å²) in [5.74, 6) is -2.25. The minimum atomic E-state index is -0.801. The van der Waals surface area contributed by atoms with Crippen LogP contribution in [0.4, 0.5) is 14.7 Å². The smallest absolute Gasteiger partial charge is 0.250 e. The van der Waals surface area contributed by atoms with Crippen molar-refractivity contribution >= 4 is 11.9 Å². The van der Waals surface area contributed by atoms with Crippen LogP contribution in [0.25, 0.3) is 22.5 Å². The van der Waals surface area contributed by atoms with Crippen molar-refractivity contribution in [2.75, 3.05) is 5.73 Å². The van der Waals surface area contributed by atoms with Gasteiger partial charge in [-0.05, 0) is 30.3 Å². The molecule has 0 atom stereocenters. The number of nitrogens with two attached hydrogens (primary N) is 1. The Hall–Kier alpha value is -4.47. The molecule has 0 aliphatic heterocycles. The Bertz CT molecular complexity index is 1400. The maximum Gasteiger partial charge on any atom is 0.250 e. The molecule has 4 aromatic rings. The van der Waals surface area contributed by atoms with E-state index in [1.165, 1.54) is 16.7 Å². The molecule has 3 heterocycles. The molecule has 1 aromatic carbocycles. The van der Waals surface area contributed by atoms with E-state index in [4.69, 9.17) is 5.73 Å². The summed E-state index contributed by atoms with van der Waals surface area (Å²) in [5, 5.41) is 2.64. The molecule has 8 nitrogen and oxygen atoms in total. The van der Waals surface area contributed by atoms with Crippen LogP contribution < -0.4 is 16.6 Å². The first-order valence-electron chi connectivity index (χ1n) is 10.3. The average Bonchev–Trinajstić information content (AvgIpc) is 2.82. The molecule has 0 aliphatic carbocycles. The molecular weight excluding hydrogens is 442 g/mol. The van der Waals surface area contributed by atoms with Gasteiger partial charge < -0.3 is 15.6 Å². The van der Waals surface area contributed by atoms with Gasteiger partial charge in [-0.2, -0.15) is 0 Å². The third-order valence-electron chi connectivity index (χ3n) is 5.14. The number of benzene rings is 1. The fraction of sp³-hybridized carbons (Fsp3) is 0.125. The molecule has 0 unspecified atom stereocenters. The van der Waals surface area contributed by atoms with E-state index >= 15 is 0 Å². The van der Waals surface area contributed by atoms with E-state index in [1.54, 1.807) is 43.7 Å². The Labute approximate surface area is 193 Å². The molecule has 10 heteroatoms. The van der Waals surface area contributed by atoms with Gasteiger partial charge in [0, 0.05) is 42.2 Å². The van der Waals surface area contributed by atoms with Crippen molar-refractivity contribution < 1.29 is 13.6 Å². The summed E-state index contributed by atoms with van der Waals surface area (Å²) in [6, 6.07) is 11.7. The molecule has 0 radical (unpaired) electrons. The first kappa shape index (κ1) is 22.7. The third-order valence-corrected chi connectivity index (χ3v) is 5.14. The fourth-order valence-electron chi connectivity index (χ4n) is 3.49. The molecule has 0 spiro atoms. The van der Waals surface area contributed by atoms with Gasteiger partial charge in [-0.3, -0.25) is 14.6 Å². The van der Waals surface area contributed by atoms with E-state index in [0.717, 1.165) is 12.1 Å². The largest absolute Gasteiger partial charge is 0.368 e. The lowest BCUT2D eigenvalue weighted by atomic mass is 10.0. The topological polar surface area (TPSA) is 116 Å². The lowest BCUT2D eigenvalue weighted by molar-refractivity contribution is -0.120. The van der Waals surface area contributed by atoms with E-state index in [2.05, 4.69) is 20.3 Å². The Kier molecular flexibility index (Phi) is 6.39. The van der Waals surface area contributed by atoms with Gasteiger partial charge in [0.05, 0.1) is 24.4 Å². The highest BCUT2D eigenvalue weighted by atomic mass is 19.1. The summed E-state index contributed by atoms with van der Waals surface area (Å²) in [6.45, 7) is -0.0976. The zero-order chi connectivity index (χ0) is 24.2. The van der Waals surface area contributed by atoms with Gasteiger partial charge >= 0.3 is 0 Å². The number of halogens is 2. The second kappa shape index (κ2) is 9.57.